The molecule has 1 saturated heterocycles. The van der Waals surface area contributed by atoms with Crippen molar-refractivity contribution in [3.63, 3.8) is 0 Å². The van der Waals surface area contributed by atoms with Crippen LogP contribution in [0, 0.1) is 0 Å². The summed E-state index contributed by atoms with van der Waals surface area (Å²) in [5.41, 5.74) is 13.0. The Morgan fingerprint density at radius 1 is 1.28 bits per heavy atom. The highest BCUT2D eigenvalue weighted by Crippen LogP contribution is 2.19. The van der Waals surface area contributed by atoms with Crippen molar-refractivity contribution >= 4 is 17.3 Å². The van der Waals surface area contributed by atoms with Crippen LogP contribution < -0.4 is 16.4 Å². The van der Waals surface area contributed by atoms with E-state index in [0.717, 1.165) is 37.6 Å². The van der Waals surface area contributed by atoms with Crippen LogP contribution in [0.5, 0.6) is 0 Å². The number of hydrogen-bond acceptors (Lipinski definition) is 4. The summed E-state index contributed by atoms with van der Waals surface area (Å²) in [4.78, 5) is 15.5. The highest BCUT2D eigenvalue weighted by atomic mass is 16.1. The van der Waals surface area contributed by atoms with Crippen LogP contribution in [0.25, 0.3) is 0 Å². The third-order valence-corrected chi connectivity index (χ3v) is 3.51. The van der Waals surface area contributed by atoms with Gasteiger partial charge in [0.05, 0.1) is 6.04 Å². The summed E-state index contributed by atoms with van der Waals surface area (Å²) in [7, 11) is 0. The van der Waals surface area contributed by atoms with E-state index in [1.54, 1.807) is 0 Å². The van der Waals surface area contributed by atoms with Crippen molar-refractivity contribution in [2.24, 2.45) is 5.73 Å². The molecule has 1 aliphatic rings. The molecule has 1 aromatic rings. The van der Waals surface area contributed by atoms with Gasteiger partial charge in [-0.3, -0.25) is 9.69 Å². The van der Waals surface area contributed by atoms with Gasteiger partial charge in [0, 0.05) is 37.6 Å². The summed E-state index contributed by atoms with van der Waals surface area (Å²) in [6.07, 6.45) is 0. The van der Waals surface area contributed by atoms with Crippen LogP contribution in [0.2, 0.25) is 0 Å². The maximum Gasteiger partial charge on any atom is 0.234 e. The molecule has 0 spiro atoms. The van der Waals surface area contributed by atoms with Crippen molar-refractivity contribution in [2.75, 3.05) is 36.8 Å². The molecular weight excluding hydrogens is 228 g/mol. The zero-order chi connectivity index (χ0) is 13.1. The number of nitrogens with two attached hydrogens (primary N) is 2. The Balaban J connectivity index is 1.96. The van der Waals surface area contributed by atoms with Crippen LogP contribution in [0.15, 0.2) is 24.3 Å². The second-order valence-electron chi connectivity index (χ2n) is 4.70. The number of carbonyl (C=O) groups excluding carboxylic acids is 1. The molecule has 5 heteroatoms. The molecule has 4 N–H and O–H groups in total. The first-order chi connectivity index (χ1) is 8.58. The quantitative estimate of drug-likeness (QED) is 0.753. The number of carbonyl (C=O) groups is 1. The number of rotatable bonds is 3. The number of hydrogen-bond donors (Lipinski definition) is 2. The molecule has 0 aromatic heterocycles. The highest BCUT2D eigenvalue weighted by Gasteiger charge is 2.23. The largest absolute Gasteiger partial charge is 0.399 e. The zero-order valence-electron chi connectivity index (χ0n) is 10.7. The second-order valence-corrected chi connectivity index (χ2v) is 4.70. The third-order valence-electron chi connectivity index (χ3n) is 3.51. The molecule has 18 heavy (non-hydrogen) atoms. The lowest BCUT2D eigenvalue weighted by molar-refractivity contribution is -0.122. The van der Waals surface area contributed by atoms with Gasteiger partial charge in [0.1, 0.15) is 0 Å². The minimum absolute atomic E-state index is 0.187. The van der Waals surface area contributed by atoms with E-state index in [4.69, 9.17) is 11.5 Å². The van der Waals surface area contributed by atoms with Crippen molar-refractivity contribution in [1.29, 1.82) is 0 Å². The number of nitrogen functional groups attached to an aromatic ring is 1. The standard InChI is InChI=1S/C13H20N4O/c1-10(13(15)18)16-5-7-17(8-6-16)12-4-2-3-11(14)9-12/h2-4,9-10H,5-8,14H2,1H3,(H2,15,18). The fourth-order valence-corrected chi connectivity index (χ4v) is 2.27. The van der Waals surface area contributed by atoms with Gasteiger partial charge in [-0.1, -0.05) is 6.07 Å². The van der Waals surface area contributed by atoms with Gasteiger partial charge >= 0.3 is 0 Å². The van der Waals surface area contributed by atoms with Crippen LogP contribution in [0.1, 0.15) is 6.92 Å². The second kappa shape index (κ2) is 5.27. The minimum Gasteiger partial charge on any atom is -0.399 e. The lowest BCUT2D eigenvalue weighted by Gasteiger charge is -2.38. The molecule has 1 unspecified atom stereocenters. The van der Waals surface area contributed by atoms with Crippen LogP contribution in [0.4, 0.5) is 11.4 Å². The molecule has 1 amide bonds. The first-order valence-electron chi connectivity index (χ1n) is 6.22. The van der Waals surface area contributed by atoms with Gasteiger partial charge in [0.15, 0.2) is 0 Å². The van der Waals surface area contributed by atoms with E-state index in [1.807, 2.05) is 25.1 Å². The third kappa shape index (κ3) is 2.73. The fourth-order valence-electron chi connectivity index (χ4n) is 2.27. The van der Waals surface area contributed by atoms with Crippen molar-refractivity contribution in [3.05, 3.63) is 24.3 Å². The average Bonchev–Trinajstić information content (AvgIpc) is 2.38. The summed E-state index contributed by atoms with van der Waals surface area (Å²) in [5, 5.41) is 0. The van der Waals surface area contributed by atoms with E-state index in [1.165, 1.54) is 0 Å². The lowest BCUT2D eigenvalue weighted by atomic mass is 10.2. The van der Waals surface area contributed by atoms with E-state index in [9.17, 15) is 4.79 Å². The number of nitrogens with zero attached hydrogens (tertiary/aromatic N) is 2. The van der Waals surface area contributed by atoms with Crippen LogP contribution in [-0.2, 0) is 4.79 Å². The van der Waals surface area contributed by atoms with E-state index < -0.39 is 0 Å². The molecule has 1 heterocycles. The normalized spacial score (nSPS) is 18.6. The molecule has 1 aliphatic heterocycles. The summed E-state index contributed by atoms with van der Waals surface area (Å²) in [6, 6.07) is 7.70. The van der Waals surface area contributed by atoms with Crippen molar-refractivity contribution in [3.8, 4) is 0 Å². The fraction of sp³-hybridized carbons (Fsp3) is 0.462. The minimum atomic E-state index is -0.257. The molecule has 0 saturated carbocycles. The molecule has 1 aromatic carbocycles. The van der Waals surface area contributed by atoms with E-state index >= 15 is 0 Å². The van der Waals surface area contributed by atoms with Gasteiger partial charge in [0.25, 0.3) is 0 Å². The smallest absolute Gasteiger partial charge is 0.234 e. The summed E-state index contributed by atoms with van der Waals surface area (Å²) >= 11 is 0. The van der Waals surface area contributed by atoms with Crippen molar-refractivity contribution < 1.29 is 4.79 Å². The molecule has 0 radical (unpaired) electrons. The van der Waals surface area contributed by atoms with Crippen molar-refractivity contribution in [1.82, 2.24) is 4.90 Å². The van der Waals surface area contributed by atoms with E-state index in [-0.39, 0.29) is 11.9 Å². The number of anilines is 2. The van der Waals surface area contributed by atoms with Gasteiger partial charge in [-0.25, -0.2) is 0 Å². The van der Waals surface area contributed by atoms with Crippen LogP contribution in [-0.4, -0.2) is 43.0 Å². The SMILES string of the molecule is CC(C(N)=O)N1CCN(c2cccc(N)c2)CC1. The number of amides is 1. The molecule has 0 bridgehead atoms. The Morgan fingerprint density at radius 3 is 2.50 bits per heavy atom. The molecule has 2 rings (SSSR count). The summed E-state index contributed by atoms with van der Waals surface area (Å²) < 4.78 is 0. The molecule has 1 fully saturated rings. The van der Waals surface area contributed by atoms with Gasteiger partial charge in [-0.2, -0.15) is 0 Å². The molecule has 5 nitrogen and oxygen atoms in total. The maximum absolute atomic E-state index is 11.1. The molecule has 0 aliphatic carbocycles. The Labute approximate surface area is 107 Å². The lowest BCUT2D eigenvalue weighted by Crippen LogP contribution is -2.53. The predicted molar refractivity (Wildman–Crippen MR) is 73.3 cm³/mol. The summed E-state index contributed by atoms with van der Waals surface area (Å²) in [5.74, 6) is -0.257. The first kappa shape index (κ1) is 12.7. The predicted octanol–water partition coefficient (Wildman–Crippen LogP) is 0.265. The Hall–Kier alpha value is -1.75. The first-order valence-corrected chi connectivity index (χ1v) is 6.22. The van der Waals surface area contributed by atoms with E-state index in [2.05, 4.69) is 15.9 Å². The van der Waals surface area contributed by atoms with Crippen molar-refractivity contribution in [2.45, 2.75) is 13.0 Å². The average molecular weight is 248 g/mol. The van der Waals surface area contributed by atoms with Gasteiger partial charge in [-0.05, 0) is 25.1 Å². The number of primary amides is 1. The Kier molecular flexibility index (Phi) is 3.72. The molecule has 1 atom stereocenters. The number of benzene rings is 1. The van der Waals surface area contributed by atoms with Gasteiger partial charge in [-0.15, -0.1) is 0 Å². The number of piperazine rings is 1. The van der Waals surface area contributed by atoms with Gasteiger partial charge < -0.3 is 16.4 Å². The Bertz CT molecular complexity index is 427. The monoisotopic (exact) mass is 248 g/mol. The maximum atomic E-state index is 11.1. The van der Waals surface area contributed by atoms with Gasteiger partial charge in [0.2, 0.25) is 5.91 Å². The van der Waals surface area contributed by atoms with E-state index in [0.29, 0.717) is 0 Å². The highest BCUT2D eigenvalue weighted by molar-refractivity contribution is 5.79. The Morgan fingerprint density at radius 2 is 1.94 bits per heavy atom. The molecular formula is C13H20N4O. The zero-order valence-corrected chi connectivity index (χ0v) is 10.7. The topological polar surface area (TPSA) is 75.6 Å². The van der Waals surface area contributed by atoms with Crippen LogP contribution in [0.3, 0.4) is 0 Å². The summed E-state index contributed by atoms with van der Waals surface area (Å²) in [6.45, 7) is 5.33. The molecule has 98 valence electrons. The van der Waals surface area contributed by atoms with Crippen LogP contribution >= 0.6 is 0 Å².